The van der Waals surface area contributed by atoms with Crippen LogP contribution in [0.15, 0.2) is 67.0 Å². The summed E-state index contributed by atoms with van der Waals surface area (Å²) in [6, 6.07) is 19.5. The molecule has 1 unspecified atom stereocenters. The lowest BCUT2D eigenvalue weighted by Crippen LogP contribution is -2.31. The molecule has 1 aliphatic carbocycles. The van der Waals surface area contributed by atoms with Crippen LogP contribution >= 0.6 is 0 Å². The Bertz CT molecular complexity index is 861. The number of nitrogens with zero attached hydrogens (tertiary/aromatic N) is 3. The van der Waals surface area contributed by atoms with Crippen molar-refractivity contribution in [3.63, 3.8) is 0 Å². The number of aromatic nitrogens is 2. The smallest absolute Gasteiger partial charge is 0.0544 e. The van der Waals surface area contributed by atoms with Crippen LogP contribution in [0, 0.1) is 0 Å². The fourth-order valence-corrected chi connectivity index (χ4v) is 3.95. The van der Waals surface area contributed by atoms with E-state index in [-0.39, 0.29) is 0 Å². The summed E-state index contributed by atoms with van der Waals surface area (Å²) < 4.78 is 0. The summed E-state index contributed by atoms with van der Waals surface area (Å²) in [6.07, 6.45) is 7.21. The first-order chi connectivity index (χ1) is 13.3. The summed E-state index contributed by atoms with van der Waals surface area (Å²) in [5.41, 5.74) is 11.9. The summed E-state index contributed by atoms with van der Waals surface area (Å²) in [6.45, 7) is 2.30. The monoisotopic (exact) mass is 358 g/mol. The predicted molar refractivity (Wildman–Crippen MR) is 108 cm³/mol. The van der Waals surface area contributed by atoms with Gasteiger partial charge in [-0.15, -0.1) is 0 Å². The fraction of sp³-hybridized carbons (Fsp3) is 0.304. The summed E-state index contributed by atoms with van der Waals surface area (Å²) >= 11 is 0. The van der Waals surface area contributed by atoms with Crippen LogP contribution in [0.25, 0.3) is 0 Å². The minimum atomic E-state index is 0.374. The highest BCUT2D eigenvalue weighted by Crippen LogP contribution is 2.35. The Morgan fingerprint density at radius 3 is 2.48 bits per heavy atom. The summed E-state index contributed by atoms with van der Waals surface area (Å²) in [5.74, 6) is 0. The largest absolute Gasteiger partial charge is 0.326 e. The van der Waals surface area contributed by atoms with E-state index in [2.05, 4.69) is 63.4 Å². The molecule has 0 saturated carbocycles. The van der Waals surface area contributed by atoms with Gasteiger partial charge < -0.3 is 5.73 Å². The van der Waals surface area contributed by atoms with Crippen LogP contribution in [0.2, 0.25) is 0 Å². The average molecular weight is 358 g/mol. The number of nitrogens with two attached hydrogens (primary N) is 1. The molecule has 138 valence electrons. The van der Waals surface area contributed by atoms with Gasteiger partial charge in [-0.05, 0) is 54.2 Å². The Balaban J connectivity index is 1.63. The van der Waals surface area contributed by atoms with Gasteiger partial charge in [0.15, 0.2) is 0 Å². The van der Waals surface area contributed by atoms with Gasteiger partial charge in [0.1, 0.15) is 0 Å². The van der Waals surface area contributed by atoms with E-state index < -0.39 is 0 Å². The number of hydrogen-bond donors (Lipinski definition) is 1. The van der Waals surface area contributed by atoms with Crippen LogP contribution in [0.5, 0.6) is 0 Å². The van der Waals surface area contributed by atoms with Crippen molar-refractivity contribution in [3.8, 4) is 0 Å². The summed E-state index contributed by atoms with van der Waals surface area (Å²) in [5, 5.41) is 0. The van der Waals surface area contributed by atoms with E-state index in [1.165, 1.54) is 28.8 Å². The zero-order valence-electron chi connectivity index (χ0n) is 15.6. The second-order valence-electron chi connectivity index (χ2n) is 7.19. The SMILES string of the molecule is NCc1ccc(CN(Cc2ccccn2)C2CCCc3ncccc32)cc1. The van der Waals surface area contributed by atoms with Crippen molar-refractivity contribution in [2.45, 2.75) is 44.9 Å². The van der Waals surface area contributed by atoms with Crippen molar-refractivity contribution in [1.29, 1.82) is 0 Å². The molecule has 2 heterocycles. The lowest BCUT2D eigenvalue weighted by Gasteiger charge is -2.35. The van der Waals surface area contributed by atoms with E-state index >= 15 is 0 Å². The van der Waals surface area contributed by atoms with Crippen molar-refractivity contribution in [2.24, 2.45) is 5.73 Å². The molecule has 2 N–H and O–H groups in total. The first-order valence-electron chi connectivity index (χ1n) is 9.69. The first kappa shape index (κ1) is 17.8. The molecule has 4 rings (SSSR count). The molecule has 1 aromatic carbocycles. The lowest BCUT2D eigenvalue weighted by atomic mass is 9.89. The average Bonchev–Trinajstić information content (AvgIpc) is 2.74. The van der Waals surface area contributed by atoms with Gasteiger partial charge in [-0.2, -0.15) is 0 Å². The highest BCUT2D eigenvalue weighted by atomic mass is 15.2. The number of hydrogen-bond acceptors (Lipinski definition) is 4. The molecule has 0 bridgehead atoms. The zero-order chi connectivity index (χ0) is 18.5. The quantitative estimate of drug-likeness (QED) is 0.723. The van der Waals surface area contributed by atoms with E-state index in [9.17, 15) is 0 Å². The number of rotatable bonds is 6. The van der Waals surface area contributed by atoms with E-state index in [4.69, 9.17) is 5.73 Å². The molecule has 0 amide bonds. The molecule has 27 heavy (non-hydrogen) atoms. The fourth-order valence-electron chi connectivity index (χ4n) is 3.95. The molecule has 4 heteroatoms. The van der Waals surface area contributed by atoms with Crippen LogP contribution in [0.4, 0.5) is 0 Å². The van der Waals surface area contributed by atoms with Crippen molar-refractivity contribution in [1.82, 2.24) is 14.9 Å². The van der Waals surface area contributed by atoms with Gasteiger partial charge in [-0.25, -0.2) is 0 Å². The van der Waals surface area contributed by atoms with Gasteiger partial charge in [0.05, 0.1) is 5.69 Å². The van der Waals surface area contributed by atoms with Crippen LogP contribution < -0.4 is 5.73 Å². The molecule has 3 aromatic rings. The van der Waals surface area contributed by atoms with Crippen molar-refractivity contribution >= 4 is 0 Å². The Morgan fingerprint density at radius 1 is 0.889 bits per heavy atom. The first-order valence-corrected chi connectivity index (χ1v) is 9.69. The Kier molecular flexibility index (Phi) is 5.56. The summed E-state index contributed by atoms with van der Waals surface area (Å²) in [4.78, 5) is 11.7. The van der Waals surface area contributed by atoms with Crippen molar-refractivity contribution in [2.75, 3.05) is 0 Å². The minimum absolute atomic E-state index is 0.374. The van der Waals surface area contributed by atoms with Crippen LogP contribution in [-0.2, 0) is 26.1 Å². The maximum Gasteiger partial charge on any atom is 0.0544 e. The second kappa shape index (κ2) is 8.42. The lowest BCUT2D eigenvalue weighted by molar-refractivity contribution is 0.158. The van der Waals surface area contributed by atoms with Gasteiger partial charge in [-0.1, -0.05) is 36.4 Å². The Labute approximate surface area is 161 Å². The maximum atomic E-state index is 5.75. The van der Waals surface area contributed by atoms with Crippen molar-refractivity contribution in [3.05, 3.63) is 95.1 Å². The Hall–Kier alpha value is -2.56. The zero-order valence-corrected chi connectivity index (χ0v) is 15.6. The Morgan fingerprint density at radius 2 is 1.70 bits per heavy atom. The second-order valence-corrected chi connectivity index (χ2v) is 7.19. The molecule has 0 saturated heterocycles. The molecule has 0 aliphatic heterocycles. The minimum Gasteiger partial charge on any atom is -0.326 e. The molecule has 1 aliphatic rings. The number of fused-ring (bicyclic) bond motifs is 1. The number of benzene rings is 1. The van der Waals surface area contributed by atoms with Crippen LogP contribution in [0.3, 0.4) is 0 Å². The number of pyridine rings is 2. The maximum absolute atomic E-state index is 5.75. The highest BCUT2D eigenvalue weighted by molar-refractivity contribution is 5.28. The third-order valence-corrected chi connectivity index (χ3v) is 5.35. The molecule has 4 nitrogen and oxygen atoms in total. The van der Waals surface area contributed by atoms with Gasteiger partial charge in [0.25, 0.3) is 0 Å². The van der Waals surface area contributed by atoms with Crippen molar-refractivity contribution < 1.29 is 0 Å². The van der Waals surface area contributed by atoms with Crippen LogP contribution in [0.1, 0.15) is 47.0 Å². The van der Waals surface area contributed by atoms with E-state index in [1.54, 1.807) is 0 Å². The molecule has 0 fully saturated rings. The molecule has 2 aromatic heterocycles. The number of aryl methyl sites for hydroxylation is 1. The van der Waals surface area contributed by atoms with Gasteiger partial charge in [0, 0.05) is 43.8 Å². The normalized spacial score (nSPS) is 16.3. The predicted octanol–water partition coefficient (Wildman–Crippen LogP) is 4.02. The third-order valence-electron chi connectivity index (χ3n) is 5.35. The third kappa shape index (κ3) is 4.24. The molecule has 0 spiro atoms. The van der Waals surface area contributed by atoms with E-state index in [0.717, 1.165) is 31.6 Å². The van der Waals surface area contributed by atoms with E-state index in [1.807, 2.05) is 18.5 Å². The topological polar surface area (TPSA) is 55.0 Å². The van der Waals surface area contributed by atoms with Gasteiger partial charge in [0.2, 0.25) is 0 Å². The highest BCUT2D eigenvalue weighted by Gasteiger charge is 2.27. The summed E-state index contributed by atoms with van der Waals surface area (Å²) in [7, 11) is 0. The molecular weight excluding hydrogens is 332 g/mol. The molecule has 0 radical (unpaired) electrons. The van der Waals surface area contributed by atoms with Crippen LogP contribution in [-0.4, -0.2) is 14.9 Å². The van der Waals surface area contributed by atoms with Gasteiger partial charge >= 0.3 is 0 Å². The van der Waals surface area contributed by atoms with Gasteiger partial charge in [-0.3, -0.25) is 14.9 Å². The standard InChI is InChI=1S/C23H26N4/c24-15-18-9-11-19(12-10-18)16-27(17-20-5-1-2-13-25-20)23-8-3-7-22-21(23)6-4-14-26-22/h1-2,4-6,9-14,23H,3,7-8,15-17,24H2. The molecule has 1 atom stereocenters. The molecular formula is C23H26N4. The van der Waals surface area contributed by atoms with E-state index in [0.29, 0.717) is 12.6 Å².